The third-order valence-corrected chi connectivity index (χ3v) is 6.33. The van der Waals surface area contributed by atoms with Crippen molar-refractivity contribution in [2.45, 2.75) is 13.5 Å². The van der Waals surface area contributed by atoms with E-state index in [0.29, 0.717) is 34.5 Å². The van der Waals surface area contributed by atoms with E-state index in [1.165, 1.54) is 5.56 Å². The highest BCUT2D eigenvalue weighted by Gasteiger charge is 2.18. The molecule has 1 aliphatic heterocycles. The van der Waals surface area contributed by atoms with Crippen LogP contribution in [0.4, 0.5) is 11.6 Å². The summed E-state index contributed by atoms with van der Waals surface area (Å²) in [6.07, 6.45) is 1.65. The Morgan fingerprint density at radius 1 is 1.11 bits per heavy atom. The zero-order valence-corrected chi connectivity index (χ0v) is 20.7. The van der Waals surface area contributed by atoms with Crippen LogP contribution < -0.4 is 15.4 Å². The van der Waals surface area contributed by atoms with Crippen LogP contribution in [-0.2, 0) is 6.54 Å². The second kappa shape index (κ2) is 10.3. The number of aromatic nitrogens is 2. The number of carbonyl (C=O) groups is 1. The molecule has 186 valence electrons. The molecule has 0 atom stereocenters. The summed E-state index contributed by atoms with van der Waals surface area (Å²) < 4.78 is 11.8. The lowest BCUT2D eigenvalue weighted by Gasteiger charge is -2.32. The van der Waals surface area contributed by atoms with Crippen molar-refractivity contribution in [2.75, 3.05) is 45.6 Å². The molecule has 4 aromatic rings. The number of rotatable bonds is 7. The van der Waals surface area contributed by atoms with Gasteiger partial charge in [-0.1, -0.05) is 12.1 Å². The Balaban J connectivity index is 1.28. The molecule has 3 heterocycles. The monoisotopic (exact) mass is 486 g/mol. The van der Waals surface area contributed by atoms with Gasteiger partial charge in [0.25, 0.3) is 5.91 Å². The van der Waals surface area contributed by atoms with Crippen LogP contribution in [0.3, 0.4) is 0 Å². The van der Waals surface area contributed by atoms with Crippen molar-refractivity contribution in [3.05, 3.63) is 71.6 Å². The van der Waals surface area contributed by atoms with Gasteiger partial charge in [0.05, 0.1) is 5.56 Å². The topological polar surface area (TPSA) is 95.8 Å². The van der Waals surface area contributed by atoms with Crippen molar-refractivity contribution in [1.29, 1.82) is 0 Å². The van der Waals surface area contributed by atoms with E-state index in [1.807, 2.05) is 18.2 Å². The van der Waals surface area contributed by atoms with Crippen molar-refractivity contribution in [3.63, 3.8) is 0 Å². The van der Waals surface area contributed by atoms with Gasteiger partial charge in [-0.15, -0.1) is 0 Å². The predicted octanol–water partition coefficient (Wildman–Crippen LogP) is 4.17. The molecule has 0 spiro atoms. The number of likely N-dealkylation sites (N-methyl/N-ethyl adjacent to an activating group) is 1. The number of furan rings is 1. The molecule has 2 N–H and O–H groups in total. The molecule has 5 rings (SSSR count). The lowest BCUT2D eigenvalue weighted by molar-refractivity contribution is 0.0963. The van der Waals surface area contributed by atoms with Crippen molar-refractivity contribution in [2.24, 2.45) is 0 Å². The average molecular weight is 487 g/mol. The minimum atomic E-state index is -0.181. The molecule has 2 aromatic heterocycles. The number of fused-ring (bicyclic) bond motifs is 1. The molecule has 1 amide bonds. The highest BCUT2D eigenvalue weighted by Crippen LogP contribution is 2.31. The van der Waals surface area contributed by atoms with Gasteiger partial charge in [0.1, 0.15) is 17.1 Å². The minimum Gasteiger partial charge on any atom is -0.460 e. The van der Waals surface area contributed by atoms with Gasteiger partial charge in [-0.25, -0.2) is 4.98 Å². The number of anilines is 2. The van der Waals surface area contributed by atoms with Gasteiger partial charge in [0.2, 0.25) is 11.8 Å². The summed E-state index contributed by atoms with van der Waals surface area (Å²) in [6, 6.07) is 15.4. The fraction of sp³-hybridized carbons (Fsp3) is 0.296. The normalized spacial score (nSPS) is 14.6. The molecule has 0 aliphatic carbocycles. The van der Waals surface area contributed by atoms with Crippen molar-refractivity contribution < 1.29 is 13.9 Å². The van der Waals surface area contributed by atoms with Gasteiger partial charge < -0.3 is 24.7 Å². The van der Waals surface area contributed by atoms with Crippen molar-refractivity contribution in [3.8, 4) is 11.6 Å². The van der Waals surface area contributed by atoms with Gasteiger partial charge in [-0.05, 0) is 43.8 Å². The van der Waals surface area contributed by atoms with Crippen molar-refractivity contribution >= 4 is 28.5 Å². The Morgan fingerprint density at radius 3 is 2.75 bits per heavy atom. The average Bonchev–Trinajstić information content (AvgIpc) is 3.20. The minimum absolute atomic E-state index is 0.181. The lowest BCUT2D eigenvalue weighted by Crippen LogP contribution is -2.43. The zero-order chi connectivity index (χ0) is 25.1. The Hall–Kier alpha value is -3.95. The van der Waals surface area contributed by atoms with E-state index in [-0.39, 0.29) is 5.91 Å². The van der Waals surface area contributed by atoms with E-state index in [1.54, 1.807) is 38.4 Å². The summed E-state index contributed by atoms with van der Waals surface area (Å²) >= 11 is 0. The number of benzene rings is 2. The third kappa shape index (κ3) is 5.32. The Labute approximate surface area is 210 Å². The first kappa shape index (κ1) is 23.8. The summed E-state index contributed by atoms with van der Waals surface area (Å²) in [5, 5.41) is 6.67. The molecule has 0 bridgehead atoms. The van der Waals surface area contributed by atoms with Crippen LogP contribution in [-0.4, -0.2) is 65.9 Å². The van der Waals surface area contributed by atoms with Crippen LogP contribution >= 0.6 is 0 Å². The maximum atomic E-state index is 12.2. The van der Waals surface area contributed by atoms with Crippen LogP contribution in [0.1, 0.15) is 21.7 Å². The molecule has 0 unspecified atom stereocenters. The highest BCUT2D eigenvalue weighted by molar-refractivity contribution is 6.07. The molecule has 0 radical (unpaired) electrons. The first-order chi connectivity index (χ1) is 17.5. The molecule has 9 heteroatoms. The van der Waals surface area contributed by atoms with E-state index in [9.17, 15) is 4.79 Å². The highest BCUT2D eigenvalue weighted by atomic mass is 16.5. The number of aryl methyl sites for hydroxylation is 1. The molecular weight excluding hydrogens is 456 g/mol. The molecular formula is C27H30N6O3. The molecule has 36 heavy (non-hydrogen) atoms. The number of nitrogens with zero attached hydrogens (tertiary/aromatic N) is 4. The van der Waals surface area contributed by atoms with Gasteiger partial charge in [0.15, 0.2) is 0 Å². The smallest absolute Gasteiger partial charge is 0.255 e. The third-order valence-electron chi connectivity index (χ3n) is 6.33. The number of hydrogen-bond donors (Lipinski definition) is 2. The first-order valence-electron chi connectivity index (χ1n) is 12.0. The van der Waals surface area contributed by atoms with Crippen molar-refractivity contribution in [1.82, 2.24) is 25.1 Å². The van der Waals surface area contributed by atoms with E-state index >= 15 is 0 Å². The number of amides is 1. The Morgan fingerprint density at radius 2 is 1.94 bits per heavy atom. The Bertz CT molecular complexity index is 1380. The zero-order valence-electron chi connectivity index (χ0n) is 20.7. The van der Waals surface area contributed by atoms with Gasteiger partial charge in [0, 0.05) is 69.2 Å². The largest absolute Gasteiger partial charge is 0.460 e. The van der Waals surface area contributed by atoms with E-state index in [0.717, 1.165) is 43.8 Å². The second-order valence-corrected chi connectivity index (χ2v) is 9.00. The SMILES string of the molecule is CNC(=O)c1c(C)oc2cc(Oc3ccnc(Nc4cccc(CN5CCN(C)CC5)c4)n3)ccc12. The van der Waals surface area contributed by atoms with Gasteiger partial charge >= 0.3 is 0 Å². The van der Waals surface area contributed by atoms with Crippen LogP contribution in [0, 0.1) is 6.92 Å². The number of ether oxygens (including phenoxy) is 1. The molecule has 0 saturated carbocycles. The molecule has 9 nitrogen and oxygen atoms in total. The summed E-state index contributed by atoms with van der Waals surface area (Å²) in [5.41, 5.74) is 3.28. The lowest BCUT2D eigenvalue weighted by atomic mass is 10.1. The number of piperazine rings is 1. The summed E-state index contributed by atoms with van der Waals surface area (Å²) in [4.78, 5) is 25.9. The summed E-state index contributed by atoms with van der Waals surface area (Å²) in [5.74, 6) is 1.78. The fourth-order valence-corrected chi connectivity index (χ4v) is 4.39. The fourth-order valence-electron chi connectivity index (χ4n) is 4.39. The standard InChI is InChI=1S/C27H30N6O3/c1-18-25(26(34)28-2)22-8-7-21(16-23(22)35-18)36-24-9-10-29-27(31-24)30-20-6-4-5-19(15-20)17-33-13-11-32(3)12-14-33/h4-10,15-16H,11-14,17H2,1-3H3,(H,28,34)(H,29,30,31). The van der Waals surface area contributed by atoms with Crippen LogP contribution in [0.25, 0.3) is 11.0 Å². The van der Waals surface area contributed by atoms with E-state index in [2.05, 4.69) is 49.6 Å². The quantitative estimate of drug-likeness (QED) is 0.402. The maximum absolute atomic E-state index is 12.2. The molecule has 1 saturated heterocycles. The van der Waals surface area contributed by atoms with Gasteiger partial charge in [-0.2, -0.15) is 4.98 Å². The van der Waals surface area contributed by atoms with Crippen LogP contribution in [0.5, 0.6) is 11.6 Å². The predicted molar refractivity (Wildman–Crippen MR) is 139 cm³/mol. The molecule has 1 fully saturated rings. The van der Waals surface area contributed by atoms with Crippen LogP contribution in [0.15, 0.2) is 59.1 Å². The summed E-state index contributed by atoms with van der Waals surface area (Å²) in [6.45, 7) is 7.04. The van der Waals surface area contributed by atoms with E-state index in [4.69, 9.17) is 9.15 Å². The molecule has 2 aromatic carbocycles. The molecule has 1 aliphatic rings. The number of nitrogens with one attached hydrogen (secondary N) is 2. The van der Waals surface area contributed by atoms with Gasteiger partial charge in [-0.3, -0.25) is 9.69 Å². The van der Waals surface area contributed by atoms with Crippen LogP contribution in [0.2, 0.25) is 0 Å². The maximum Gasteiger partial charge on any atom is 0.255 e. The van der Waals surface area contributed by atoms with E-state index < -0.39 is 0 Å². The number of carbonyl (C=O) groups excluding carboxylic acids is 1. The second-order valence-electron chi connectivity index (χ2n) is 9.00. The first-order valence-corrected chi connectivity index (χ1v) is 12.0. The Kier molecular flexibility index (Phi) is 6.84. The summed E-state index contributed by atoms with van der Waals surface area (Å²) in [7, 11) is 3.77. The number of hydrogen-bond acceptors (Lipinski definition) is 8.